The molecule has 0 bridgehead atoms. The third-order valence-electron chi connectivity index (χ3n) is 8.42. The van der Waals surface area contributed by atoms with Gasteiger partial charge in [-0.3, -0.25) is 19.2 Å². The Labute approximate surface area is 331 Å². The topological polar surface area (TPSA) is 236 Å². The molecule has 298 valence electrons. The van der Waals surface area contributed by atoms with E-state index in [2.05, 4.69) is 20.6 Å². The second-order valence-corrected chi connectivity index (χ2v) is 13.2. The van der Waals surface area contributed by atoms with Gasteiger partial charge in [-0.15, -0.1) is 0 Å². The second kappa shape index (κ2) is 19.8. The maximum Gasteiger partial charge on any atom is 0.306 e. The monoisotopic (exact) mass is 814 g/mol. The third-order valence-corrected chi connectivity index (χ3v) is 8.96. The number of benzene rings is 2. The summed E-state index contributed by atoms with van der Waals surface area (Å²) in [7, 11) is 2.63. The van der Waals surface area contributed by atoms with E-state index in [1.165, 1.54) is 26.4 Å². The minimum atomic E-state index is -1.29. The molecule has 0 saturated heterocycles. The van der Waals surface area contributed by atoms with Crippen LogP contribution in [0.15, 0.2) is 48.5 Å². The number of ether oxygens (including phenoxy) is 4. The minimum Gasteiger partial charge on any atom is -0.481 e. The van der Waals surface area contributed by atoms with Gasteiger partial charge in [0.15, 0.2) is 0 Å². The Kier molecular flexibility index (Phi) is 15.2. The van der Waals surface area contributed by atoms with E-state index in [1.54, 1.807) is 0 Å². The summed E-state index contributed by atoms with van der Waals surface area (Å²) in [5.41, 5.74) is 5.22. The highest BCUT2D eigenvalue weighted by Gasteiger charge is 2.22. The van der Waals surface area contributed by atoms with E-state index in [0.29, 0.717) is 0 Å². The summed E-state index contributed by atoms with van der Waals surface area (Å²) in [6.07, 6.45) is -3.66. The number of hydrogen-bond donors (Lipinski definition) is 6. The average Bonchev–Trinajstić information content (AvgIpc) is 3.15. The van der Waals surface area contributed by atoms with Gasteiger partial charge in [-0.05, 0) is 59.4 Å². The number of carboxylic acid groups (broad SMARTS) is 2. The summed E-state index contributed by atoms with van der Waals surface area (Å²) in [5, 5.41) is 42.1. The summed E-state index contributed by atoms with van der Waals surface area (Å²) in [4.78, 5) is 55.6. The molecule has 16 nitrogen and oxygen atoms in total. The molecular weight excluding hydrogens is 775 g/mol. The second-order valence-electron chi connectivity index (χ2n) is 12.3. The van der Waals surface area contributed by atoms with Crippen LogP contribution in [0.5, 0.6) is 23.5 Å². The van der Waals surface area contributed by atoms with Crippen molar-refractivity contribution in [3.05, 3.63) is 92.0 Å². The van der Waals surface area contributed by atoms with Crippen molar-refractivity contribution in [2.24, 2.45) is 0 Å². The van der Waals surface area contributed by atoms with Crippen LogP contribution in [-0.4, -0.2) is 93.7 Å². The molecule has 0 unspecified atom stereocenters. The van der Waals surface area contributed by atoms with Crippen molar-refractivity contribution in [2.45, 2.75) is 52.1 Å². The number of aromatic nitrogens is 2. The first-order valence-electron chi connectivity index (χ1n) is 16.9. The zero-order valence-electron chi connectivity index (χ0n) is 30.7. The van der Waals surface area contributed by atoms with E-state index in [1.807, 2.05) is 50.2 Å². The largest absolute Gasteiger partial charge is 0.481 e. The molecule has 0 aliphatic rings. The van der Waals surface area contributed by atoms with Gasteiger partial charge in [0.2, 0.25) is 23.5 Å². The molecule has 6 N–H and O–H groups in total. The molecule has 0 saturated carbocycles. The fraction of sp³-hybridized carbons (Fsp3) is 0.316. The van der Waals surface area contributed by atoms with Crippen LogP contribution >= 0.6 is 23.2 Å². The number of pyridine rings is 2. The number of rotatable bonds is 19. The Bertz CT molecular complexity index is 1950. The summed E-state index contributed by atoms with van der Waals surface area (Å²) < 4.78 is 22.5. The van der Waals surface area contributed by atoms with Crippen molar-refractivity contribution in [1.29, 1.82) is 0 Å². The van der Waals surface area contributed by atoms with Crippen molar-refractivity contribution in [1.82, 2.24) is 20.6 Å². The Morgan fingerprint density at radius 3 is 1.38 bits per heavy atom. The van der Waals surface area contributed by atoms with Gasteiger partial charge in [-0.1, -0.05) is 59.6 Å². The van der Waals surface area contributed by atoms with E-state index >= 15 is 0 Å². The first kappa shape index (κ1) is 43.1. The van der Waals surface area contributed by atoms with Crippen molar-refractivity contribution in [2.75, 3.05) is 27.3 Å². The molecule has 56 heavy (non-hydrogen) atoms. The number of carbonyl (C=O) groups is 4. The summed E-state index contributed by atoms with van der Waals surface area (Å²) in [5.74, 6) is -3.92. The van der Waals surface area contributed by atoms with Crippen LogP contribution in [0.3, 0.4) is 0 Å². The lowest BCUT2D eigenvalue weighted by atomic mass is 9.92. The molecule has 0 fully saturated rings. The Hall–Kier alpha value is -5.68. The van der Waals surface area contributed by atoms with Gasteiger partial charge < -0.3 is 50.0 Å². The van der Waals surface area contributed by atoms with Crippen LogP contribution in [0.4, 0.5) is 0 Å². The predicted molar refractivity (Wildman–Crippen MR) is 203 cm³/mol. The summed E-state index contributed by atoms with van der Waals surface area (Å²) in [6.45, 7) is 3.40. The smallest absolute Gasteiger partial charge is 0.306 e. The fourth-order valence-corrected chi connectivity index (χ4v) is 5.88. The molecule has 0 aliphatic heterocycles. The van der Waals surface area contributed by atoms with Crippen molar-refractivity contribution < 1.29 is 58.6 Å². The average molecular weight is 816 g/mol. The predicted octanol–water partition coefficient (Wildman–Crippen LogP) is 4.37. The third kappa shape index (κ3) is 11.2. The van der Waals surface area contributed by atoms with Crippen molar-refractivity contribution >= 4 is 47.0 Å². The Morgan fingerprint density at radius 2 is 1.04 bits per heavy atom. The number of carbonyl (C=O) groups excluding carboxylic acids is 2. The molecule has 2 amide bonds. The molecule has 18 heteroatoms. The lowest BCUT2D eigenvalue weighted by Crippen LogP contribution is -2.33. The van der Waals surface area contributed by atoms with Gasteiger partial charge in [0.1, 0.15) is 34.4 Å². The molecule has 0 aliphatic carbocycles. The number of aliphatic hydroxyl groups is 2. The maximum absolute atomic E-state index is 12.7. The van der Waals surface area contributed by atoms with Crippen LogP contribution in [0.2, 0.25) is 10.0 Å². The Balaban J connectivity index is 1.47. The zero-order chi connectivity index (χ0) is 41.1. The number of amides is 2. The number of carboxylic acids is 2. The molecule has 2 heterocycles. The molecule has 0 radical (unpaired) electrons. The molecular formula is C38H40Cl2N4O12. The van der Waals surface area contributed by atoms with Gasteiger partial charge in [0.25, 0.3) is 11.8 Å². The number of halogens is 2. The first-order chi connectivity index (χ1) is 26.6. The van der Waals surface area contributed by atoms with Gasteiger partial charge in [-0.2, -0.15) is 9.97 Å². The zero-order valence-corrected chi connectivity index (χ0v) is 32.2. The van der Waals surface area contributed by atoms with E-state index in [4.69, 9.17) is 52.4 Å². The van der Waals surface area contributed by atoms with Gasteiger partial charge in [-0.25, -0.2) is 0 Å². The quantitative estimate of drug-likeness (QED) is 0.0772. The van der Waals surface area contributed by atoms with E-state index in [9.17, 15) is 29.4 Å². The number of aliphatic carboxylic acids is 2. The fourth-order valence-electron chi connectivity index (χ4n) is 5.47. The number of nitrogens with zero attached hydrogens (tertiary/aromatic N) is 2. The standard InChI is InChI=1S/C38H40Cl2N4O12/c1-19-21(17-55-37-29(39)13-27(35(43-37)53-3)33(51)41-15-23(45)11-31(47)48)7-5-9-25(19)26-10-6-8-22(20(26)2)18-56-38-30(40)14-28(36(44-38)54-4)34(52)42-16-24(46)12-32(49)50/h5-10,13-14,23-24,45-46H,11-12,15-18H2,1-4H3,(H,41,51)(H,42,52)(H,47,48)(H,49,50)/t23-,24-/m0/s1. The van der Waals surface area contributed by atoms with Crippen LogP contribution in [0.25, 0.3) is 11.1 Å². The van der Waals surface area contributed by atoms with Crippen LogP contribution < -0.4 is 29.6 Å². The van der Waals surface area contributed by atoms with Crippen molar-refractivity contribution in [3.63, 3.8) is 0 Å². The Morgan fingerprint density at radius 1 is 0.661 bits per heavy atom. The number of nitrogens with one attached hydrogen (secondary N) is 2. The van der Waals surface area contributed by atoms with E-state index in [-0.39, 0.29) is 71.0 Å². The number of hydrogen-bond acceptors (Lipinski definition) is 12. The SMILES string of the molecule is COc1nc(OCc2cccc(-c3cccc(COc4nc(OC)c(C(=O)NC[C@@H](O)CC(=O)O)cc4Cl)c3C)c2C)c(Cl)cc1C(=O)NC[C@@H](O)CC(=O)O. The molecule has 4 aromatic rings. The molecule has 0 spiro atoms. The normalized spacial score (nSPS) is 11.9. The molecule has 4 rings (SSSR count). The van der Waals surface area contributed by atoms with E-state index in [0.717, 1.165) is 33.4 Å². The molecule has 2 atom stereocenters. The maximum atomic E-state index is 12.7. The van der Waals surface area contributed by atoms with Gasteiger partial charge in [0, 0.05) is 13.1 Å². The lowest BCUT2D eigenvalue weighted by Gasteiger charge is -2.17. The first-order valence-corrected chi connectivity index (χ1v) is 17.7. The van der Waals surface area contributed by atoms with E-state index < -0.39 is 48.8 Å². The van der Waals surface area contributed by atoms with Crippen LogP contribution in [0.1, 0.15) is 55.8 Å². The van der Waals surface area contributed by atoms with Crippen molar-refractivity contribution in [3.8, 4) is 34.6 Å². The molecule has 2 aromatic heterocycles. The minimum absolute atomic E-state index is 0.0122. The highest BCUT2D eigenvalue weighted by atomic mass is 35.5. The highest BCUT2D eigenvalue weighted by Crippen LogP contribution is 2.34. The van der Waals surface area contributed by atoms with Gasteiger partial charge >= 0.3 is 11.9 Å². The summed E-state index contributed by atoms with van der Waals surface area (Å²) in [6, 6.07) is 14.1. The highest BCUT2D eigenvalue weighted by molar-refractivity contribution is 6.32. The number of methoxy groups -OCH3 is 2. The number of aliphatic hydroxyl groups excluding tert-OH is 2. The van der Waals surface area contributed by atoms with Crippen LogP contribution in [-0.2, 0) is 22.8 Å². The molecule has 2 aromatic carbocycles. The van der Waals surface area contributed by atoms with Crippen LogP contribution in [0, 0.1) is 13.8 Å². The van der Waals surface area contributed by atoms with Gasteiger partial charge in [0.05, 0.1) is 39.3 Å². The lowest BCUT2D eigenvalue weighted by molar-refractivity contribution is -0.140. The summed E-state index contributed by atoms with van der Waals surface area (Å²) >= 11 is 12.9.